The summed E-state index contributed by atoms with van der Waals surface area (Å²) in [4.78, 5) is 0. The molecule has 9 rings (SSSR count). The predicted molar refractivity (Wildman–Crippen MR) is 200 cm³/mol. The van der Waals surface area contributed by atoms with Crippen molar-refractivity contribution in [3.05, 3.63) is 169 Å². The van der Waals surface area contributed by atoms with E-state index >= 15 is 0 Å². The monoisotopic (exact) mass is 600 g/mol. The van der Waals surface area contributed by atoms with Gasteiger partial charge >= 0.3 is 0 Å². The van der Waals surface area contributed by atoms with Crippen molar-refractivity contribution in [2.45, 2.75) is 13.8 Å². The van der Waals surface area contributed by atoms with Crippen LogP contribution in [0, 0.1) is 13.8 Å². The van der Waals surface area contributed by atoms with E-state index in [-0.39, 0.29) is 0 Å². The number of hydrogen-bond acceptors (Lipinski definition) is 1. The molecule has 0 unspecified atom stereocenters. The smallest absolute Gasteiger partial charge is 0.136 e. The molecule has 1 nitrogen and oxygen atoms in total. The highest BCUT2D eigenvalue weighted by molar-refractivity contribution is 6.21. The van der Waals surface area contributed by atoms with E-state index in [1.165, 1.54) is 77.2 Å². The lowest BCUT2D eigenvalue weighted by Gasteiger charge is -2.18. The minimum Gasteiger partial charge on any atom is -0.456 e. The zero-order chi connectivity index (χ0) is 31.5. The zero-order valence-electron chi connectivity index (χ0n) is 26.4. The van der Waals surface area contributed by atoms with Gasteiger partial charge < -0.3 is 4.42 Å². The van der Waals surface area contributed by atoms with Crippen LogP contribution >= 0.6 is 0 Å². The maximum atomic E-state index is 6.39. The number of hydrogen-bond donors (Lipinski definition) is 0. The predicted octanol–water partition coefficient (Wildman–Crippen LogP) is 13.2. The van der Waals surface area contributed by atoms with Gasteiger partial charge in [-0.05, 0) is 86.5 Å². The Kier molecular flexibility index (Phi) is 6.33. The Hall–Kier alpha value is -5.92. The molecule has 47 heavy (non-hydrogen) atoms. The Morgan fingerprint density at radius 3 is 1.38 bits per heavy atom. The largest absolute Gasteiger partial charge is 0.456 e. The molecule has 1 aromatic heterocycles. The van der Waals surface area contributed by atoms with Crippen LogP contribution in [0.4, 0.5) is 0 Å². The lowest BCUT2D eigenvalue weighted by molar-refractivity contribution is 0.669. The highest BCUT2D eigenvalue weighted by Crippen LogP contribution is 2.46. The van der Waals surface area contributed by atoms with Gasteiger partial charge in [-0.15, -0.1) is 0 Å². The lowest BCUT2D eigenvalue weighted by atomic mass is 9.85. The van der Waals surface area contributed by atoms with Crippen molar-refractivity contribution in [1.82, 2.24) is 0 Å². The van der Waals surface area contributed by atoms with E-state index in [0.717, 1.165) is 21.9 Å². The Morgan fingerprint density at radius 2 is 0.809 bits per heavy atom. The fraction of sp³-hybridized carbons (Fsp3) is 0.0435. The summed E-state index contributed by atoms with van der Waals surface area (Å²) in [5, 5.41) is 7.36. The standard InChI is InChI=1S/C46H32O/c1-29-26-30(2)28-34(27-29)35-24-25-42-46(40-18-10-11-19-41(40)47-42)45(35)33-22-20-32(21-23-33)44-38-16-8-6-14-36(38)43(31-12-4-3-5-13-31)37-15-7-9-17-39(37)44/h3-28H,1-2H3. The van der Waals surface area contributed by atoms with Gasteiger partial charge in [0, 0.05) is 16.3 Å². The number of para-hydroxylation sites is 1. The second-order valence-corrected chi connectivity index (χ2v) is 12.6. The Labute approximate surface area is 274 Å². The molecule has 0 aliphatic carbocycles. The van der Waals surface area contributed by atoms with Gasteiger partial charge in [-0.25, -0.2) is 0 Å². The van der Waals surface area contributed by atoms with Crippen molar-refractivity contribution >= 4 is 43.5 Å². The van der Waals surface area contributed by atoms with Crippen LogP contribution in [0.1, 0.15) is 11.1 Å². The zero-order valence-corrected chi connectivity index (χ0v) is 26.4. The van der Waals surface area contributed by atoms with Crippen molar-refractivity contribution < 1.29 is 4.42 Å². The van der Waals surface area contributed by atoms with Gasteiger partial charge in [0.05, 0.1) is 0 Å². The third-order valence-electron chi connectivity index (χ3n) is 9.53. The van der Waals surface area contributed by atoms with Crippen LogP contribution in [-0.4, -0.2) is 0 Å². The Bertz CT molecular complexity index is 2540. The summed E-state index contributed by atoms with van der Waals surface area (Å²) >= 11 is 0. The summed E-state index contributed by atoms with van der Waals surface area (Å²) in [6.45, 7) is 4.35. The van der Waals surface area contributed by atoms with E-state index in [0.29, 0.717) is 0 Å². The Morgan fingerprint density at radius 1 is 0.340 bits per heavy atom. The average molecular weight is 601 g/mol. The highest BCUT2D eigenvalue weighted by Gasteiger charge is 2.20. The van der Waals surface area contributed by atoms with Gasteiger partial charge in [0.2, 0.25) is 0 Å². The van der Waals surface area contributed by atoms with Crippen molar-refractivity contribution in [2.24, 2.45) is 0 Å². The summed E-state index contributed by atoms with van der Waals surface area (Å²) in [7, 11) is 0. The molecular formula is C46H32O. The topological polar surface area (TPSA) is 13.1 Å². The molecule has 0 spiro atoms. The SMILES string of the molecule is Cc1cc(C)cc(-c2ccc3oc4ccccc4c3c2-c2ccc(-c3c4ccccc4c(-c4ccccc4)c4ccccc34)cc2)c1. The number of benzene rings is 8. The normalized spacial score (nSPS) is 11.6. The van der Waals surface area contributed by atoms with Crippen LogP contribution in [0.2, 0.25) is 0 Å². The third-order valence-corrected chi connectivity index (χ3v) is 9.53. The minimum atomic E-state index is 0.909. The molecule has 9 aromatic rings. The van der Waals surface area contributed by atoms with Gasteiger partial charge in [0.25, 0.3) is 0 Å². The van der Waals surface area contributed by atoms with Crippen molar-refractivity contribution in [3.63, 3.8) is 0 Å². The molecule has 0 N–H and O–H groups in total. The van der Waals surface area contributed by atoms with Gasteiger partial charge in [0.15, 0.2) is 0 Å². The van der Waals surface area contributed by atoms with Crippen LogP contribution in [0.5, 0.6) is 0 Å². The maximum absolute atomic E-state index is 6.39. The summed E-state index contributed by atoms with van der Waals surface area (Å²) < 4.78 is 6.39. The fourth-order valence-electron chi connectivity index (χ4n) is 7.65. The molecule has 0 aliphatic rings. The van der Waals surface area contributed by atoms with Crippen LogP contribution in [0.3, 0.4) is 0 Å². The van der Waals surface area contributed by atoms with Crippen LogP contribution in [-0.2, 0) is 0 Å². The molecule has 0 atom stereocenters. The number of furan rings is 1. The molecule has 1 heteroatoms. The van der Waals surface area contributed by atoms with Gasteiger partial charge in [-0.2, -0.15) is 0 Å². The van der Waals surface area contributed by atoms with E-state index in [1.807, 2.05) is 6.07 Å². The molecular weight excluding hydrogens is 569 g/mol. The first kappa shape index (κ1) is 27.4. The first-order valence-corrected chi connectivity index (χ1v) is 16.3. The van der Waals surface area contributed by atoms with Crippen LogP contribution in [0.15, 0.2) is 162 Å². The second kappa shape index (κ2) is 10.9. The first-order valence-electron chi connectivity index (χ1n) is 16.3. The third kappa shape index (κ3) is 4.47. The lowest BCUT2D eigenvalue weighted by Crippen LogP contribution is -1.91. The molecule has 1 heterocycles. The second-order valence-electron chi connectivity index (χ2n) is 12.6. The molecule has 222 valence electrons. The summed E-state index contributed by atoms with van der Waals surface area (Å²) in [6.07, 6.45) is 0. The fourth-order valence-corrected chi connectivity index (χ4v) is 7.65. The van der Waals surface area contributed by atoms with E-state index in [4.69, 9.17) is 4.42 Å². The first-order chi connectivity index (χ1) is 23.1. The van der Waals surface area contributed by atoms with Crippen molar-refractivity contribution in [2.75, 3.05) is 0 Å². The number of rotatable bonds is 4. The number of fused-ring (bicyclic) bond motifs is 5. The summed E-state index contributed by atoms with van der Waals surface area (Å²) in [5.41, 5.74) is 14.2. The van der Waals surface area contributed by atoms with Crippen LogP contribution < -0.4 is 0 Å². The summed E-state index contributed by atoms with van der Waals surface area (Å²) in [5.74, 6) is 0. The van der Waals surface area contributed by atoms with Gasteiger partial charge in [-0.3, -0.25) is 0 Å². The number of aryl methyl sites for hydroxylation is 2. The van der Waals surface area contributed by atoms with E-state index in [9.17, 15) is 0 Å². The van der Waals surface area contributed by atoms with Crippen molar-refractivity contribution in [3.8, 4) is 44.5 Å². The minimum absolute atomic E-state index is 0.909. The van der Waals surface area contributed by atoms with Gasteiger partial charge in [-0.1, -0.05) is 157 Å². The quantitative estimate of drug-likeness (QED) is 0.183. The summed E-state index contributed by atoms with van der Waals surface area (Å²) in [6, 6.07) is 57.2. The molecule has 0 bridgehead atoms. The molecule has 0 aliphatic heterocycles. The van der Waals surface area contributed by atoms with Gasteiger partial charge in [0.1, 0.15) is 11.2 Å². The molecule has 0 saturated heterocycles. The highest BCUT2D eigenvalue weighted by atomic mass is 16.3. The molecule has 0 radical (unpaired) electrons. The Balaban J connectivity index is 1.30. The molecule has 0 fully saturated rings. The van der Waals surface area contributed by atoms with E-state index in [2.05, 4.69) is 166 Å². The molecule has 8 aromatic carbocycles. The van der Waals surface area contributed by atoms with E-state index in [1.54, 1.807) is 0 Å². The average Bonchev–Trinajstić information content (AvgIpc) is 3.49. The van der Waals surface area contributed by atoms with Crippen LogP contribution in [0.25, 0.3) is 88.0 Å². The molecule has 0 amide bonds. The van der Waals surface area contributed by atoms with E-state index < -0.39 is 0 Å². The maximum Gasteiger partial charge on any atom is 0.136 e. The van der Waals surface area contributed by atoms with Crippen molar-refractivity contribution in [1.29, 1.82) is 0 Å². The molecule has 0 saturated carbocycles.